The van der Waals surface area contributed by atoms with Crippen molar-refractivity contribution in [2.75, 3.05) is 11.5 Å². The molecule has 1 heterocycles. The standard InChI is InChI=1S/C20H23NO4/c1-4-9-25-13-7-5-12(6-8-13)21-17(23)15-16(18(21)24)20(3)11-19(15,2)10-14(20)22/h5-8,15-16H,4,9-11H2,1-3H3. The highest BCUT2D eigenvalue weighted by Crippen LogP contribution is 2.68. The number of hydrogen-bond donors (Lipinski definition) is 0. The van der Waals surface area contributed by atoms with E-state index in [-0.39, 0.29) is 28.9 Å². The molecule has 5 heteroatoms. The highest BCUT2D eigenvalue weighted by Gasteiger charge is 2.74. The molecule has 4 rings (SSSR count). The fourth-order valence-electron chi connectivity index (χ4n) is 5.25. The van der Waals surface area contributed by atoms with Crippen LogP contribution in [0.15, 0.2) is 24.3 Å². The van der Waals surface area contributed by atoms with Crippen LogP contribution in [0.3, 0.4) is 0 Å². The number of ether oxygens (including phenoxy) is 1. The lowest BCUT2D eigenvalue weighted by Crippen LogP contribution is -2.40. The Morgan fingerprint density at radius 2 is 1.72 bits per heavy atom. The molecule has 1 saturated heterocycles. The summed E-state index contributed by atoms with van der Waals surface area (Å²) in [6, 6.07) is 7.05. The molecule has 2 bridgehead atoms. The first-order valence-corrected chi connectivity index (χ1v) is 8.96. The third-order valence-electron chi connectivity index (χ3n) is 6.28. The van der Waals surface area contributed by atoms with E-state index in [4.69, 9.17) is 4.74 Å². The molecular weight excluding hydrogens is 318 g/mol. The monoisotopic (exact) mass is 341 g/mol. The number of amides is 2. The van der Waals surface area contributed by atoms with Gasteiger partial charge in [0.15, 0.2) is 0 Å². The Morgan fingerprint density at radius 1 is 1.08 bits per heavy atom. The Labute approximate surface area is 147 Å². The summed E-state index contributed by atoms with van der Waals surface area (Å²) in [6.07, 6.45) is 1.96. The highest BCUT2D eigenvalue weighted by atomic mass is 16.5. The summed E-state index contributed by atoms with van der Waals surface area (Å²) in [5.74, 6) is -0.421. The molecule has 3 fully saturated rings. The van der Waals surface area contributed by atoms with Gasteiger partial charge in [0, 0.05) is 11.8 Å². The molecule has 0 radical (unpaired) electrons. The Balaban J connectivity index is 1.66. The molecule has 25 heavy (non-hydrogen) atoms. The van der Waals surface area contributed by atoms with Gasteiger partial charge in [-0.1, -0.05) is 20.8 Å². The number of carbonyl (C=O) groups is 3. The third kappa shape index (κ3) is 2.04. The zero-order valence-corrected chi connectivity index (χ0v) is 14.9. The van der Waals surface area contributed by atoms with Crippen LogP contribution in [0.2, 0.25) is 0 Å². The molecule has 2 aliphatic carbocycles. The zero-order chi connectivity index (χ0) is 18.0. The number of ketones is 1. The lowest BCUT2D eigenvalue weighted by molar-refractivity contribution is -0.138. The van der Waals surface area contributed by atoms with Crippen molar-refractivity contribution >= 4 is 23.3 Å². The van der Waals surface area contributed by atoms with Crippen LogP contribution < -0.4 is 9.64 Å². The van der Waals surface area contributed by atoms with E-state index in [2.05, 4.69) is 0 Å². The van der Waals surface area contributed by atoms with Crippen molar-refractivity contribution in [3.63, 3.8) is 0 Å². The largest absolute Gasteiger partial charge is 0.494 e. The van der Waals surface area contributed by atoms with Gasteiger partial charge < -0.3 is 4.74 Å². The van der Waals surface area contributed by atoms with Gasteiger partial charge in [-0.05, 0) is 42.5 Å². The molecule has 5 nitrogen and oxygen atoms in total. The van der Waals surface area contributed by atoms with Gasteiger partial charge in [-0.25, -0.2) is 0 Å². The average molecular weight is 341 g/mol. The normalized spacial score (nSPS) is 36.3. The number of hydrogen-bond acceptors (Lipinski definition) is 4. The predicted octanol–water partition coefficient (Wildman–Crippen LogP) is 2.97. The second-order valence-electron chi connectivity index (χ2n) is 8.16. The predicted molar refractivity (Wildman–Crippen MR) is 92.2 cm³/mol. The second kappa shape index (κ2) is 5.16. The van der Waals surface area contributed by atoms with Crippen LogP contribution in [-0.2, 0) is 14.4 Å². The minimum absolute atomic E-state index is 0.127. The summed E-state index contributed by atoms with van der Waals surface area (Å²) in [5.41, 5.74) is -0.514. The quantitative estimate of drug-likeness (QED) is 0.790. The molecule has 1 aromatic rings. The van der Waals surface area contributed by atoms with Gasteiger partial charge in [0.2, 0.25) is 11.8 Å². The molecule has 0 spiro atoms. The molecule has 1 aromatic carbocycles. The Hall–Kier alpha value is -2.17. The Bertz CT molecular complexity index is 770. The van der Waals surface area contributed by atoms with Crippen molar-refractivity contribution < 1.29 is 19.1 Å². The van der Waals surface area contributed by atoms with Crippen molar-refractivity contribution in [3.8, 4) is 5.75 Å². The fourth-order valence-corrected chi connectivity index (χ4v) is 5.25. The van der Waals surface area contributed by atoms with Gasteiger partial charge in [0.25, 0.3) is 0 Å². The van der Waals surface area contributed by atoms with Crippen LogP contribution in [0.25, 0.3) is 0 Å². The molecule has 132 valence electrons. The Kier molecular flexibility index (Phi) is 3.37. The number of rotatable bonds is 4. The van der Waals surface area contributed by atoms with Crippen LogP contribution in [0.1, 0.15) is 40.0 Å². The second-order valence-corrected chi connectivity index (χ2v) is 8.16. The molecule has 2 saturated carbocycles. The molecule has 4 unspecified atom stereocenters. The van der Waals surface area contributed by atoms with Crippen molar-refractivity contribution in [1.82, 2.24) is 0 Å². The first-order valence-electron chi connectivity index (χ1n) is 8.96. The SMILES string of the molecule is CCCOc1ccc(N2C(=O)C3C(C2=O)C2(C)CC3(C)CC2=O)cc1. The lowest BCUT2D eigenvalue weighted by atomic mass is 9.68. The molecule has 1 aliphatic heterocycles. The summed E-state index contributed by atoms with van der Waals surface area (Å²) in [6.45, 7) is 6.51. The summed E-state index contributed by atoms with van der Waals surface area (Å²) < 4.78 is 5.56. The van der Waals surface area contributed by atoms with E-state index in [0.717, 1.165) is 12.2 Å². The minimum atomic E-state index is -0.689. The summed E-state index contributed by atoms with van der Waals surface area (Å²) in [4.78, 5) is 39.9. The maximum Gasteiger partial charge on any atom is 0.238 e. The third-order valence-corrected chi connectivity index (χ3v) is 6.28. The number of fused-ring (bicyclic) bond motifs is 5. The van der Waals surface area contributed by atoms with Gasteiger partial charge in [0.1, 0.15) is 11.5 Å². The summed E-state index contributed by atoms with van der Waals surface area (Å²) >= 11 is 0. The smallest absolute Gasteiger partial charge is 0.238 e. The van der Waals surface area contributed by atoms with E-state index in [9.17, 15) is 14.4 Å². The first kappa shape index (κ1) is 16.3. The van der Waals surface area contributed by atoms with Crippen LogP contribution >= 0.6 is 0 Å². The van der Waals surface area contributed by atoms with Gasteiger partial charge >= 0.3 is 0 Å². The average Bonchev–Trinajstić information content (AvgIpc) is 3.07. The van der Waals surface area contributed by atoms with Crippen LogP contribution in [-0.4, -0.2) is 24.2 Å². The molecule has 4 atom stereocenters. The molecule has 2 amide bonds. The van der Waals surface area contributed by atoms with Gasteiger partial charge in [-0.3, -0.25) is 19.3 Å². The number of anilines is 1. The van der Waals surface area contributed by atoms with E-state index in [1.165, 1.54) is 4.90 Å². The van der Waals surface area contributed by atoms with E-state index in [1.54, 1.807) is 24.3 Å². The molecule has 0 N–H and O–H groups in total. The number of imide groups is 1. The highest BCUT2D eigenvalue weighted by molar-refractivity contribution is 6.24. The number of benzene rings is 1. The fraction of sp³-hybridized carbons (Fsp3) is 0.550. The minimum Gasteiger partial charge on any atom is -0.494 e. The molecular formula is C20H23NO4. The number of Topliss-reactive ketones (excluding diaryl/α,β-unsaturated/α-hetero) is 1. The zero-order valence-electron chi connectivity index (χ0n) is 14.9. The number of nitrogens with zero attached hydrogens (tertiary/aromatic N) is 1. The first-order chi connectivity index (χ1) is 11.8. The van der Waals surface area contributed by atoms with Crippen LogP contribution in [0.5, 0.6) is 5.75 Å². The number of carbonyl (C=O) groups excluding carboxylic acids is 3. The van der Waals surface area contributed by atoms with Crippen molar-refractivity contribution in [2.45, 2.75) is 40.0 Å². The van der Waals surface area contributed by atoms with Crippen LogP contribution in [0.4, 0.5) is 5.69 Å². The molecule has 0 aromatic heterocycles. The maximum absolute atomic E-state index is 13.1. The van der Waals surface area contributed by atoms with Gasteiger partial charge in [0.05, 0.1) is 24.1 Å². The van der Waals surface area contributed by atoms with Crippen LogP contribution in [0, 0.1) is 22.7 Å². The van der Waals surface area contributed by atoms with E-state index < -0.39 is 11.3 Å². The van der Waals surface area contributed by atoms with Gasteiger partial charge in [-0.2, -0.15) is 0 Å². The van der Waals surface area contributed by atoms with E-state index in [0.29, 0.717) is 25.1 Å². The van der Waals surface area contributed by atoms with Gasteiger partial charge in [-0.15, -0.1) is 0 Å². The van der Waals surface area contributed by atoms with Crippen molar-refractivity contribution in [2.24, 2.45) is 22.7 Å². The topological polar surface area (TPSA) is 63.7 Å². The van der Waals surface area contributed by atoms with Crippen molar-refractivity contribution in [1.29, 1.82) is 0 Å². The summed E-state index contributed by atoms with van der Waals surface area (Å²) in [5, 5.41) is 0. The van der Waals surface area contributed by atoms with E-state index >= 15 is 0 Å². The van der Waals surface area contributed by atoms with E-state index in [1.807, 2.05) is 20.8 Å². The molecule has 3 aliphatic rings. The summed E-state index contributed by atoms with van der Waals surface area (Å²) in [7, 11) is 0. The maximum atomic E-state index is 13.1. The Morgan fingerprint density at radius 3 is 2.36 bits per heavy atom. The lowest BCUT2D eigenvalue weighted by Gasteiger charge is -2.30. The van der Waals surface area contributed by atoms with Crippen molar-refractivity contribution in [3.05, 3.63) is 24.3 Å².